The Morgan fingerprint density at radius 3 is 1.56 bits per heavy atom. The van der Waals surface area contributed by atoms with E-state index in [0.29, 0.717) is 17.5 Å². The van der Waals surface area contributed by atoms with Crippen LogP contribution in [0.4, 0.5) is 0 Å². The van der Waals surface area contributed by atoms with Gasteiger partial charge in [-0.2, -0.15) is 0 Å². The summed E-state index contributed by atoms with van der Waals surface area (Å²) >= 11 is 0. The Bertz CT molecular complexity index is 3740. The van der Waals surface area contributed by atoms with Gasteiger partial charge >= 0.3 is 0 Å². The number of furan rings is 2. The van der Waals surface area contributed by atoms with Crippen LogP contribution in [0.2, 0.25) is 0 Å². The predicted molar refractivity (Wildman–Crippen MR) is 252 cm³/mol. The van der Waals surface area contributed by atoms with Crippen LogP contribution >= 0.6 is 0 Å². The van der Waals surface area contributed by atoms with Crippen LogP contribution in [-0.2, 0) is 5.41 Å². The average molecular weight is 804 g/mol. The molecule has 2 aliphatic carbocycles. The molecule has 14 rings (SSSR count). The lowest BCUT2D eigenvalue weighted by atomic mass is 9.69. The second-order valence-electron chi connectivity index (χ2n) is 16.6. The van der Waals surface area contributed by atoms with E-state index < -0.39 is 5.41 Å². The SMILES string of the molecule is c1ccc(-c2nc(-c3ccccc3)nc(-c3ccc(-c4cccc5c4oc4ccc6c(c45)C4(c5ccccc5-c5ccccc54)c4cc5oc7ccccc7c5cc4-6)cc3)n2)cc1. The fourth-order valence-corrected chi connectivity index (χ4v) is 10.7. The van der Waals surface area contributed by atoms with Crippen LogP contribution in [0.25, 0.3) is 111 Å². The van der Waals surface area contributed by atoms with Gasteiger partial charge in [0, 0.05) is 43.8 Å². The second-order valence-corrected chi connectivity index (χ2v) is 16.6. The van der Waals surface area contributed by atoms with Gasteiger partial charge in [0.25, 0.3) is 0 Å². The van der Waals surface area contributed by atoms with Crippen molar-refractivity contribution in [2.45, 2.75) is 5.41 Å². The first-order valence-electron chi connectivity index (χ1n) is 21.3. The first kappa shape index (κ1) is 34.3. The third kappa shape index (κ3) is 4.73. The van der Waals surface area contributed by atoms with Crippen molar-refractivity contribution in [3.8, 4) is 67.5 Å². The lowest BCUT2D eigenvalue weighted by molar-refractivity contribution is 0.666. The first-order valence-corrected chi connectivity index (χ1v) is 21.3. The Morgan fingerprint density at radius 2 is 0.873 bits per heavy atom. The maximum absolute atomic E-state index is 7.05. The minimum absolute atomic E-state index is 0.596. The Labute approximate surface area is 361 Å². The number of para-hydroxylation sites is 2. The van der Waals surface area contributed by atoms with Gasteiger partial charge in [-0.15, -0.1) is 0 Å². The molecule has 0 fully saturated rings. The molecule has 3 heterocycles. The summed E-state index contributed by atoms with van der Waals surface area (Å²) in [6, 6.07) is 70.6. The molecule has 3 aromatic heterocycles. The molecule has 63 heavy (non-hydrogen) atoms. The van der Waals surface area contributed by atoms with E-state index in [0.717, 1.165) is 71.7 Å². The number of nitrogens with zero attached hydrogens (tertiary/aromatic N) is 3. The van der Waals surface area contributed by atoms with Gasteiger partial charge in [-0.3, -0.25) is 0 Å². The fourth-order valence-electron chi connectivity index (χ4n) is 10.7. The van der Waals surface area contributed by atoms with Gasteiger partial charge in [0.1, 0.15) is 22.3 Å². The largest absolute Gasteiger partial charge is 0.456 e. The molecule has 0 bridgehead atoms. The van der Waals surface area contributed by atoms with Gasteiger partial charge in [-0.1, -0.05) is 176 Å². The molecular formula is C58H33N3O2. The standard InChI is InChI=1S/C58H33N3O2/c1-3-14-35(15-4-1)55-59-56(36-16-5-2-6-17-36)61-57(60-55)37-28-26-34(27-29-37)38-21-13-22-43-52-50(63-54(38)43)31-30-42-44-32-45-41-20-9-12-25-49(41)62-51(45)33-48(44)58(53(42)52)46-23-10-7-18-39(46)40-19-8-11-24-47(40)58/h1-33H. The molecule has 0 saturated heterocycles. The molecule has 0 unspecified atom stereocenters. The van der Waals surface area contributed by atoms with Crippen molar-refractivity contribution in [1.29, 1.82) is 0 Å². The number of rotatable bonds is 4. The summed E-state index contributed by atoms with van der Waals surface area (Å²) in [6.45, 7) is 0. The summed E-state index contributed by atoms with van der Waals surface area (Å²) in [5.41, 5.74) is 17.8. The third-order valence-electron chi connectivity index (χ3n) is 13.4. The predicted octanol–water partition coefficient (Wildman–Crippen LogP) is 14.7. The summed E-state index contributed by atoms with van der Waals surface area (Å²) < 4.78 is 13.7. The van der Waals surface area contributed by atoms with Crippen LogP contribution in [0.15, 0.2) is 209 Å². The molecule has 9 aromatic carbocycles. The molecular weight excluding hydrogens is 771 g/mol. The Hall–Kier alpha value is -8.41. The summed E-state index contributed by atoms with van der Waals surface area (Å²) in [5.74, 6) is 1.89. The molecule has 0 radical (unpaired) electrons. The van der Waals surface area contributed by atoms with Crippen LogP contribution in [0.5, 0.6) is 0 Å². The highest BCUT2D eigenvalue weighted by atomic mass is 16.3. The highest BCUT2D eigenvalue weighted by Gasteiger charge is 2.53. The van der Waals surface area contributed by atoms with E-state index in [-0.39, 0.29) is 0 Å². The van der Waals surface area contributed by atoms with Crippen molar-refractivity contribution in [1.82, 2.24) is 15.0 Å². The molecule has 292 valence electrons. The van der Waals surface area contributed by atoms with Crippen LogP contribution < -0.4 is 0 Å². The van der Waals surface area contributed by atoms with E-state index in [1.54, 1.807) is 0 Å². The van der Waals surface area contributed by atoms with Crippen molar-refractivity contribution in [2.24, 2.45) is 0 Å². The molecule has 1 spiro atoms. The van der Waals surface area contributed by atoms with Crippen molar-refractivity contribution < 1.29 is 8.83 Å². The number of hydrogen-bond acceptors (Lipinski definition) is 5. The van der Waals surface area contributed by atoms with Crippen LogP contribution in [-0.4, -0.2) is 15.0 Å². The average Bonchev–Trinajstić information content (AvgIpc) is 4.08. The maximum atomic E-state index is 7.05. The van der Waals surface area contributed by atoms with E-state index in [2.05, 4.69) is 133 Å². The molecule has 5 heteroatoms. The molecule has 5 nitrogen and oxygen atoms in total. The zero-order valence-corrected chi connectivity index (χ0v) is 33.7. The monoisotopic (exact) mass is 803 g/mol. The normalized spacial score (nSPS) is 13.2. The molecule has 0 atom stereocenters. The fraction of sp³-hybridized carbons (Fsp3) is 0.0172. The summed E-state index contributed by atoms with van der Waals surface area (Å²) in [4.78, 5) is 14.9. The number of hydrogen-bond donors (Lipinski definition) is 0. The highest BCUT2D eigenvalue weighted by Crippen LogP contribution is 2.65. The molecule has 0 saturated carbocycles. The third-order valence-corrected chi connectivity index (χ3v) is 13.4. The maximum Gasteiger partial charge on any atom is 0.164 e. The van der Waals surface area contributed by atoms with Crippen LogP contribution in [0, 0.1) is 0 Å². The summed E-state index contributed by atoms with van der Waals surface area (Å²) in [6.07, 6.45) is 0. The van der Waals surface area contributed by atoms with E-state index >= 15 is 0 Å². The highest BCUT2D eigenvalue weighted by molar-refractivity contribution is 6.17. The summed E-state index contributed by atoms with van der Waals surface area (Å²) in [7, 11) is 0. The summed E-state index contributed by atoms with van der Waals surface area (Å²) in [5, 5.41) is 4.47. The van der Waals surface area contributed by atoms with E-state index in [1.165, 1.54) is 44.5 Å². The lowest BCUT2D eigenvalue weighted by Crippen LogP contribution is -2.26. The van der Waals surface area contributed by atoms with Crippen molar-refractivity contribution in [3.63, 3.8) is 0 Å². The van der Waals surface area contributed by atoms with Crippen molar-refractivity contribution in [3.05, 3.63) is 222 Å². The molecule has 0 aliphatic heterocycles. The van der Waals surface area contributed by atoms with E-state index in [9.17, 15) is 0 Å². The zero-order valence-electron chi connectivity index (χ0n) is 33.7. The smallest absolute Gasteiger partial charge is 0.164 e. The van der Waals surface area contributed by atoms with Gasteiger partial charge < -0.3 is 8.83 Å². The Balaban J connectivity index is 0.975. The van der Waals surface area contributed by atoms with Crippen LogP contribution in [0.3, 0.4) is 0 Å². The minimum atomic E-state index is -0.596. The van der Waals surface area contributed by atoms with Gasteiger partial charge in [-0.05, 0) is 74.3 Å². The number of benzene rings is 9. The van der Waals surface area contributed by atoms with Crippen molar-refractivity contribution in [2.75, 3.05) is 0 Å². The van der Waals surface area contributed by atoms with Gasteiger partial charge in [-0.25, -0.2) is 15.0 Å². The van der Waals surface area contributed by atoms with Crippen molar-refractivity contribution >= 4 is 43.9 Å². The number of fused-ring (bicyclic) bond motifs is 17. The van der Waals surface area contributed by atoms with Gasteiger partial charge in [0.15, 0.2) is 17.5 Å². The van der Waals surface area contributed by atoms with Gasteiger partial charge in [0.2, 0.25) is 0 Å². The molecule has 2 aliphatic rings. The van der Waals surface area contributed by atoms with E-state index in [1.807, 2.05) is 66.7 Å². The quantitative estimate of drug-likeness (QED) is 0.177. The van der Waals surface area contributed by atoms with Crippen LogP contribution in [0.1, 0.15) is 22.3 Å². The Kier molecular flexibility index (Phi) is 6.97. The zero-order chi connectivity index (χ0) is 41.2. The minimum Gasteiger partial charge on any atom is -0.456 e. The second kappa shape index (κ2) is 12.8. The first-order chi connectivity index (χ1) is 31.2. The molecule has 0 N–H and O–H groups in total. The Morgan fingerprint density at radius 1 is 0.317 bits per heavy atom. The van der Waals surface area contributed by atoms with E-state index in [4.69, 9.17) is 23.8 Å². The molecule has 0 amide bonds. The lowest BCUT2D eigenvalue weighted by Gasteiger charge is -2.31. The topological polar surface area (TPSA) is 65.0 Å². The molecule has 12 aromatic rings. The number of aromatic nitrogens is 3. The van der Waals surface area contributed by atoms with Gasteiger partial charge in [0.05, 0.1) is 5.41 Å².